The SMILES string of the molecule is CNC(=O)OCC1=C(C(=O)OCOC(=O)C(C)(C)C)N2C(=O)[C@@H](NC(=O)/C(=N\O)c3csc(N)n3)[C@H]2SC1. The summed E-state index contributed by atoms with van der Waals surface area (Å²) in [5, 5.41) is 17.9. The number of hydrogen-bond donors (Lipinski definition) is 4. The molecule has 2 aliphatic heterocycles. The number of oxime groups is 1. The number of nitrogens with two attached hydrogens (primary N) is 1. The molecule has 0 bridgehead atoms. The van der Waals surface area contributed by atoms with E-state index in [-0.39, 0.29) is 34.5 Å². The predicted molar refractivity (Wildman–Crippen MR) is 134 cm³/mol. The first-order valence-corrected chi connectivity index (χ1v) is 12.9. The number of carbonyl (C=O) groups excluding carboxylic acids is 5. The van der Waals surface area contributed by atoms with Gasteiger partial charge in [0.1, 0.15) is 29.4 Å². The van der Waals surface area contributed by atoms with Crippen LogP contribution >= 0.6 is 23.1 Å². The van der Waals surface area contributed by atoms with Gasteiger partial charge in [0.05, 0.1) is 5.41 Å². The molecule has 3 amide bonds. The Balaban J connectivity index is 1.76. The Kier molecular flexibility index (Phi) is 8.82. The van der Waals surface area contributed by atoms with Crippen molar-refractivity contribution in [2.75, 3.05) is 31.9 Å². The van der Waals surface area contributed by atoms with Gasteiger partial charge in [0, 0.05) is 23.8 Å². The topological polar surface area (TPSA) is 212 Å². The van der Waals surface area contributed by atoms with E-state index in [0.717, 1.165) is 16.2 Å². The molecule has 0 radical (unpaired) electrons. The lowest BCUT2D eigenvalue weighted by Gasteiger charge is -2.49. The molecule has 5 N–H and O–H groups in total. The number of rotatable bonds is 8. The van der Waals surface area contributed by atoms with Crippen LogP contribution in [0.5, 0.6) is 0 Å². The molecular formula is C21H26N6O9S2. The second-order valence-electron chi connectivity index (χ2n) is 8.89. The highest BCUT2D eigenvalue weighted by Crippen LogP contribution is 2.40. The zero-order valence-electron chi connectivity index (χ0n) is 20.8. The molecule has 3 heterocycles. The maximum Gasteiger partial charge on any atom is 0.407 e. The summed E-state index contributed by atoms with van der Waals surface area (Å²) in [6.07, 6.45) is -0.755. The smallest absolute Gasteiger partial charge is 0.407 e. The van der Waals surface area contributed by atoms with Crippen molar-refractivity contribution < 1.29 is 43.4 Å². The van der Waals surface area contributed by atoms with Crippen LogP contribution in [0.1, 0.15) is 26.5 Å². The van der Waals surface area contributed by atoms with E-state index in [2.05, 4.69) is 20.8 Å². The van der Waals surface area contributed by atoms with E-state index >= 15 is 0 Å². The van der Waals surface area contributed by atoms with Crippen LogP contribution in [0, 0.1) is 5.41 Å². The normalized spacial score (nSPS) is 19.2. The number of thiazole rings is 1. The van der Waals surface area contributed by atoms with Gasteiger partial charge < -0.3 is 35.8 Å². The van der Waals surface area contributed by atoms with Gasteiger partial charge in [0.25, 0.3) is 11.8 Å². The summed E-state index contributed by atoms with van der Waals surface area (Å²) in [5.74, 6) is -2.99. The van der Waals surface area contributed by atoms with Crippen LogP contribution in [0.2, 0.25) is 0 Å². The number of thioether (sulfide) groups is 1. The van der Waals surface area contributed by atoms with Crippen molar-refractivity contribution in [3.05, 3.63) is 22.3 Å². The summed E-state index contributed by atoms with van der Waals surface area (Å²) < 4.78 is 15.1. The minimum atomic E-state index is -1.08. The van der Waals surface area contributed by atoms with Crippen molar-refractivity contribution in [1.82, 2.24) is 20.5 Å². The molecule has 15 nitrogen and oxygen atoms in total. The van der Waals surface area contributed by atoms with Crippen molar-refractivity contribution in [2.45, 2.75) is 32.2 Å². The first kappa shape index (κ1) is 28.7. The lowest BCUT2D eigenvalue weighted by molar-refractivity contribution is -0.173. The van der Waals surface area contributed by atoms with Crippen molar-refractivity contribution in [2.24, 2.45) is 10.6 Å². The highest BCUT2D eigenvalue weighted by molar-refractivity contribution is 8.00. The van der Waals surface area contributed by atoms with Gasteiger partial charge >= 0.3 is 18.0 Å². The number of hydrogen-bond acceptors (Lipinski definition) is 14. The zero-order chi connectivity index (χ0) is 28.2. The molecule has 2 aliphatic rings. The Morgan fingerprint density at radius 1 is 1.26 bits per heavy atom. The van der Waals surface area contributed by atoms with E-state index < -0.39 is 59.2 Å². The highest BCUT2D eigenvalue weighted by atomic mass is 32.2. The minimum absolute atomic E-state index is 0.0232. The number of nitrogens with zero attached hydrogens (tertiary/aromatic N) is 3. The minimum Gasteiger partial charge on any atom is -0.445 e. The number of amides is 3. The first-order valence-electron chi connectivity index (χ1n) is 11.0. The quantitative estimate of drug-likeness (QED) is 0.0812. The van der Waals surface area contributed by atoms with Crippen molar-refractivity contribution >= 4 is 63.8 Å². The third kappa shape index (κ3) is 6.16. The van der Waals surface area contributed by atoms with Crippen LogP contribution in [0.15, 0.2) is 21.8 Å². The van der Waals surface area contributed by atoms with E-state index in [4.69, 9.17) is 19.9 Å². The number of β-lactam (4-membered cyclic amide) rings is 1. The molecule has 1 saturated heterocycles. The average Bonchev–Trinajstić information content (AvgIpc) is 3.30. The number of nitrogen functional groups attached to an aromatic ring is 1. The zero-order valence-corrected chi connectivity index (χ0v) is 22.4. The molecule has 1 aromatic heterocycles. The van der Waals surface area contributed by atoms with Gasteiger partial charge in [-0.25, -0.2) is 14.6 Å². The summed E-state index contributed by atoms with van der Waals surface area (Å²) in [7, 11) is 1.36. The summed E-state index contributed by atoms with van der Waals surface area (Å²) in [5.41, 5.74) is 4.40. The molecule has 3 rings (SSSR count). The largest absolute Gasteiger partial charge is 0.445 e. The second kappa shape index (κ2) is 11.7. The summed E-state index contributed by atoms with van der Waals surface area (Å²) >= 11 is 2.23. The monoisotopic (exact) mass is 570 g/mol. The molecule has 0 spiro atoms. The Bertz CT molecular complexity index is 1210. The van der Waals surface area contributed by atoms with E-state index in [9.17, 15) is 29.2 Å². The number of fused-ring (bicyclic) bond motifs is 1. The van der Waals surface area contributed by atoms with E-state index in [0.29, 0.717) is 0 Å². The van der Waals surface area contributed by atoms with Gasteiger partial charge in [-0.3, -0.25) is 19.3 Å². The number of anilines is 1. The van der Waals surface area contributed by atoms with E-state index in [1.807, 2.05) is 0 Å². The van der Waals surface area contributed by atoms with Crippen molar-refractivity contribution in [1.29, 1.82) is 0 Å². The highest BCUT2D eigenvalue weighted by Gasteiger charge is 2.55. The molecule has 2 atom stereocenters. The van der Waals surface area contributed by atoms with Crippen molar-refractivity contribution in [3.8, 4) is 0 Å². The number of nitrogens with one attached hydrogen (secondary N) is 2. The van der Waals surface area contributed by atoms with E-state index in [1.54, 1.807) is 20.8 Å². The summed E-state index contributed by atoms with van der Waals surface area (Å²) in [6, 6.07) is -1.08. The van der Waals surface area contributed by atoms with Crippen molar-refractivity contribution in [3.63, 3.8) is 0 Å². The van der Waals surface area contributed by atoms with Crippen LogP contribution < -0.4 is 16.4 Å². The Morgan fingerprint density at radius 2 is 1.97 bits per heavy atom. The standard InChI is InChI=1S/C21H26N6O9S2/c1-21(2,3)18(31)36-8-35-17(30)13-9(5-34-20(32)23-4)6-37-16-12(15(29)27(13)16)25-14(28)11(26-33)10-7-38-19(22)24-10/h7,12,16,33H,5-6,8H2,1-4H3,(H2,22,24)(H,23,32)(H,25,28)/b26-11-/t12-,16-/m1/s1. The first-order chi connectivity index (χ1) is 17.9. The predicted octanol–water partition coefficient (Wildman–Crippen LogP) is 0.00360. The van der Waals surface area contributed by atoms with Crippen LogP contribution in [0.25, 0.3) is 0 Å². The van der Waals surface area contributed by atoms with Crippen LogP contribution in [0.3, 0.4) is 0 Å². The summed E-state index contributed by atoms with van der Waals surface area (Å²) in [6.45, 7) is 3.86. The Morgan fingerprint density at radius 3 is 2.55 bits per heavy atom. The fourth-order valence-corrected chi connectivity index (χ4v) is 5.12. The maximum atomic E-state index is 13.1. The fraction of sp³-hybridized carbons (Fsp3) is 0.476. The van der Waals surface area contributed by atoms with Gasteiger partial charge in [0.2, 0.25) is 6.79 Å². The molecule has 0 unspecified atom stereocenters. The van der Waals surface area contributed by atoms with Gasteiger partial charge in [-0.05, 0) is 20.8 Å². The van der Waals surface area contributed by atoms with E-state index in [1.165, 1.54) is 24.2 Å². The van der Waals surface area contributed by atoms with Crippen LogP contribution in [-0.4, -0.2) is 88.3 Å². The van der Waals surface area contributed by atoms with Gasteiger partial charge in [-0.2, -0.15) is 0 Å². The number of ether oxygens (including phenoxy) is 3. The lowest BCUT2D eigenvalue weighted by Crippen LogP contribution is -2.71. The molecular weight excluding hydrogens is 544 g/mol. The molecule has 0 saturated carbocycles. The van der Waals surface area contributed by atoms with Gasteiger partial charge in [-0.1, -0.05) is 5.16 Å². The fourth-order valence-electron chi connectivity index (χ4n) is 3.25. The molecule has 1 aromatic rings. The van der Waals surface area contributed by atoms with Gasteiger partial charge in [-0.15, -0.1) is 23.1 Å². The Hall–Kier alpha value is -3.86. The third-order valence-electron chi connectivity index (χ3n) is 5.18. The van der Waals surface area contributed by atoms with Crippen LogP contribution in [-0.2, 0) is 33.4 Å². The molecule has 38 heavy (non-hydrogen) atoms. The molecule has 1 fully saturated rings. The van der Waals surface area contributed by atoms with Gasteiger partial charge in [0.15, 0.2) is 10.8 Å². The molecule has 206 valence electrons. The number of carbonyl (C=O) groups is 5. The Labute approximate surface area is 224 Å². The molecule has 0 aromatic carbocycles. The van der Waals surface area contributed by atoms with Crippen LogP contribution in [0.4, 0.5) is 9.93 Å². The molecule has 17 heteroatoms. The maximum absolute atomic E-state index is 13.1. The second-order valence-corrected chi connectivity index (χ2v) is 10.9. The third-order valence-corrected chi connectivity index (χ3v) is 7.19. The average molecular weight is 571 g/mol. The summed E-state index contributed by atoms with van der Waals surface area (Å²) in [4.78, 5) is 67.3. The lowest BCUT2D eigenvalue weighted by atomic mass is 9.98. The number of esters is 2. The molecule has 0 aliphatic carbocycles. The number of alkyl carbamates (subject to hydrolysis) is 1. The number of aromatic nitrogens is 1.